The number of aromatic hydroxyl groups is 1. The van der Waals surface area contributed by atoms with Crippen molar-refractivity contribution in [3.8, 4) is 5.75 Å². The Labute approximate surface area is 168 Å². The number of imidazole rings is 1. The Morgan fingerprint density at radius 2 is 1.69 bits per heavy atom. The number of phenols is 1. The number of rotatable bonds is 4. The predicted molar refractivity (Wildman–Crippen MR) is 113 cm³/mol. The molecular weight excluding hydrogens is 370 g/mol. The fourth-order valence-corrected chi connectivity index (χ4v) is 4.10. The summed E-state index contributed by atoms with van der Waals surface area (Å²) in [4.78, 5) is 30.0. The Hall–Kier alpha value is -3.03. The summed E-state index contributed by atoms with van der Waals surface area (Å²) in [6.45, 7) is 0.416. The van der Waals surface area contributed by atoms with Crippen LogP contribution in [0.3, 0.4) is 0 Å². The zero-order valence-corrected chi connectivity index (χ0v) is 16.9. The topological polar surface area (TPSA) is 94.1 Å². The monoisotopic (exact) mass is 397 g/mol. The number of phenolic OH excluding ortho intramolecular Hbond substituents is 1. The van der Waals surface area contributed by atoms with E-state index in [9.17, 15) is 14.7 Å². The molecule has 3 aromatic rings. The van der Waals surface area contributed by atoms with Crippen molar-refractivity contribution in [3.05, 3.63) is 50.7 Å². The van der Waals surface area contributed by atoms with Crippen LogP contribution >= 0.6 is 0 Å². The molecule has 29 heavy (non-hydrogen) atoms. The molecule has 0 bridgehead atoms. The van der Waals surface area contributed by atoms with Crippen LogP contribution in [-0.2, 0) is 20.6 Å². The third kappa shape index (κ3) is 3.66. The van der Waals surface area contributed by atoms with Crippen LogP contribution in [0.5, 0.6) is 5.75 Å². The number of nitrogens with zero attached hydrogens (tertiary/aromatic N) is 4. The summed E-state index contributed by atoms with van der Waals surface area (Å²) in [6, 6.07) is 7.20. The van der Waals surface area contributed by atoms with Gasteiger partial charge in [0.1, 0.15) is 5.75 Å². The molecule has 0 aliphatic heterocycles. The number of benzene rings is 1. The molecule has 4 rings (SSSR count). The molecule has 0 unspecified atom stereocenters. The van der Waals surface area contributed by atoms with Crippen LogP contribution in [0.25, 0.3) is 11.2 Å². The first kappa shape index (κ1) is 19.3. The highest BCUT2D eigenvalue weighted by atomic mass is 16.3. The Balaban J connectivity index is 1.85. The van der Waals surface area contributed by atoms with Crippen molar-refractivity contribution in [2.45, 2.75) is 51.1 Å². The molecule has 2 aromatic heterocycles. The SMILES string of the molecule is Cn1c(=O)c2c(nc(NC3CCCCCC3)n2Cc2ccc(O)cc2)n(C)c1=O. The number of nitrogens with one attached hydrogen (secondary N) is 1. The Morgan fingerprint density at radius 1 is 1.03 bits per heavy atom. The Bertz CT molecular complexity index is 1130. The van der Waals surface area contributed by atoms with Gasteiger partial charge in [0.2, 0.25) is 5.95 Å². The van der Waals surface area contributed by atoms with Gasteiger partial charge in [0.15, 0.2) is 11.2 Å². The normalized spacial score (nSPS) is 15.5. The Morgan fingerprint density at radius 3 is 2.34 bits per heavy atom. The predicted octanol–water partition coefficient (Wildman–Crippen LogP) is 2.32. The maximum atomic E-state index is 12.9. The molecule has 1 aromatic carbocycles. The number of hydrogen-bond donors (Lipinski definition) is 2. The van der Waals surface area contributed by atoms with E-state index in [1.54, 1.807) is 19.2 Å². The van der Waals surface area contributed by atoms with Crippen LogP contribution in [0.4, 0.5) is 5.95 Å². The van der Waals surface area contributed by atoms with E-state index < -0.39 is 5.69 Å². The van der Waals surface area contributed by atoms with Crippen molar-refractivity contribution in [3.63, 3.8) is 0 Å². The van der Waals surface area contributed by atoms with Gasteiger partial charge in [-0.3, -0.25) is 18.5 Å². The molecule has 8 nitrogen and oxygen atoms in total. The van der Waals surface area contributed by atoms with Crippen molar-refractivity contribution in [2.24, 2.45) is 14.1 Å². The molecular formula is C21H27N5O3. The van der Waals surface area contributed by atoms with Crippen molar-refractivity contribution in [1.29, 1.82) is 0 Å². The van der Waals surface area contributed by atoms with Gasteiger partial charge in [0.05, 0.1) is 6.54 Å². The second kappa shape index (κ2) is 7.77. The van der Waals surface area contributed by atoms with Crippen molar-refractivity contribution in [1.82, 2.24) is 18.7 Å². The highest BCUT2D eigenvalue weighted by molar-refractivity contribution is 5.74. The first-order chi connectivity index (χ1) is 14.0. The minimum absolute atomic E-state index is 0.194. The van der Waals surface area contributed by atoms with E-state index >= 15 is 0 Å². The average molecular weight is 397 g/mol. The molecule has 0 saturated heterocycles. The van der Waals surface area contributed by atoms with E-state index in [1.807, 2.05) is 16.7 Å². The summed E-state index contributed by atoms with van der Waals surface area (Å²) in [5, 5.41) is 13.1. The standard InChI is InChI=1S/C21H27N5O3/c1-24-18-17(19(28)25(2)21(24)29)26(13-14-9-11-16(27)12-10-14)20(23-18)22-15-7-5-3-4-6-8-15/h9-12,15,27H,3-8,13H2,1-2H3,(H,22,23). The highest BCUT2D eigenvalue weighted by Crippen LogP contribution is 2.24. The first-order valence-corrected chi connectivity index (χ1v) is 10.2. The van der Waals surface area contributed by atoms with Crippen LogP contribution < -0.4 is 16.6 Å². The lowest BCUT2D eigenvalue weighted by Crippen LogP contribution is -2.37. The van der Waals surface area contributed by atoms with Gasteiger partial charge in [-0.1, -0.05) is 37.8 Å². The van der Waals surface area contributed by atoms with Crippen molar-refractivity contribution in [2.75, 3.05) is 5.32 Å². The minimum Gasteiger partial charge on any atom is -0.508 e. The lowest BCUT2D eigenvalue weighted by Gasteiger charge is -2.18. The number of aryl methyl sites for hydroxylation is 1. The molecule has 154 valence electrons. The van der Waals surface area contributed by atoms with Gasteiger partial charge in [-0.15, -0.1) is 0 Å². The van der Waals surface area contributed by atoms with E-state index in [4.69, 9.17) is 0 Å². The molecule has 8 heteroatoms. The molecule has 1 aliphatic carbocycles. The van der Waals surface area contributed by atoms with E-state index in [2.05, 4.69) is 10.3 Å². The maximum absolute atomic E-state index is 12.9. The fourth-order valence-electron chi connectivity index (χ4n) is 4.10. The zero-order valence-electron chi connectivity index (χ0n) is 16.9. The van der Waals surface area contributed by atoms with Crippen LogP contribution in [0.1, 0.15) is 44.1 Å². The largest absolute Gasteiger partial charge is 0.508 e. The number of hydrogen-bond acceptors (Lipinski definition) is 5. The molecule has 0 radical (unpaired) electrons. The second-order valence-electron chi connectivity index (χ2n) is 7.90. The maximum Gasteiger partial charge on any atom is 0.332 e. The van der Waals surface area contributed by atoms with Crippen molar-refractivity contribution < 1.29 is 5.11 Å². The van der Waals surface area contributed by atoms with Crippen LogP contribution in [0.15, 0.2) is 33.9 Å². The summed E-state index contributed by atoms with van der Waals surface area (Å²) >= 11 is 0. The van der Waals surface area contributed by atoms with E-state index in [0.717, 1.165) is 23.0 Å². The van der Waals surface area contributed by atoms with E-state index in [1.165, 1.54) is 37.3 Å². The molecule has 2 N–H and O–H groups in total. The number of aromatic nitrogens is 4. The third-order valence-corrected chi connectivity index (χ3v) is 5.81. The van der Waals surface area contributed by atoms with Gasteiger partial charge in [0, 0.05) is 20.1 Å². The summed E-state index contributed by atoms with van der Waals surface area (Å²) in [5.74, 6) is 0.803. The third-order valence-electron chi connectivity index (χ3n) is 5.81. The number of fused-ring (bicyclic) bond motifs is 1. The second-order valence-corrected chi connectivity index (χ2v) is 7.90. The molecule has 0 atom stereocenters. The van der Waals surface area contributed by atoms with Crippen LogP contribution in [-0.4, -0.2) is 29.8 Å². The summed E-state index contributed by atoms with van der Waals surface area (Å²) in [6.07, 6.45) is 6.99. The first-order valence-electron chi connectivity index (χ1n) is 10.2. The van der Waals surface area contributed by atoms with Gasteiger partial charge >= 0.3 is 5.69 Å². The lowest BCUT2D eigenvalue weighted by atomic mass is 10.1. The quantitative estimate of drug-likeness (QED) is 0.659. The average Bonchev–Trinajstić information content (AvgIpc) is 2.88. The molecule has 1 saturated carbocycles. The van der Waals surface area contributed by atoms with Gasteiger partial charge in [-0.2, -0.15) is 4.98 Å². The molecule has 1 aliphatic rings. The highest BCUT2D eigenvalue weighted by Gasteiger charge is 2.21. The van der Waals surface area contributed by atoms with E-state index in [0.29, 0.717) is 29.7 Å². The van der Waals surface area contributed by atoms with Gasteiger partial charge in [-0.05, 0) is 30.5 Å². The van der Waals surface area contributed by atoms with Crippen molar-refractivity contribution >= 4 is 17.1 Å². The molecule has 0 spiro atoms. The van der Waals surface area contributed by atoms with Gasteiger partial charge in [-0.25, -0.2) is 4.79 Å². The zero-order chi connectivity index (χ0) is 20.5. The summed E-state index contributed by atoms with van der Waals surface area (Å²) in [5.41, 5.74) is 0.967. The summed E-state index contributed by atoms with van der Waals surface area (Å²) < 4.78 is 4.39. The minimum atomic E-state index is -0.391. The molecule has 2 heterocycles. The number of anilines is 1. The molecule has 0 amide bonds. The van der Waals surface area contributed by atoms with Gasteiger partial charge < -0.3 is 10.4 Å². The van der Waals surface area contributed by atoms with Gasteiger partial charge in [0.25, 0.3) is 5.56 Å². The molecule has 1 fully saturated rings. The fraction of sp³-hybridized carbons (Fsp3) is 0.476. The summed E-state index contributed by atoms with van der Waals surface area (Å²) in [7, 11) is 3.12. The van der Waals surface area contributed by atoms with Crippen LogP contribution in [0, 0.1) is 0 Å². The van der Waals surface area contributed by atoms with Crippen LogP contribution in [0.2, 0.25) is 0 Å². The smallest absolute Gasteiger partial charge is 0.332 e. The van der Waals surface area contributed by atoms with E-state index in [-0.39, 0.29) is 11.3 Å². The Kier molecular flexibility index (Phi) is 5.17. The lowest BCUT2D eigenvalue weighted by molar-refractivity contribution is 0.475.